The third-order valence-electron chi connectivity index (χ3n) is 2.80. The van der Waals surface area contributed by atoms with E-state index in [1.165, 1.54) is 0 Å². The lowest BCUT2D eigenvalue weighted by Crippen LogP contribution is -2.53. The van der Waals surface area contributed by atoms with Crippen molar-refractivity contribution in [2.45, 2.75) is 38.1 Å². The molecule has 0 spiro atoms. The Kier molecular flexibility index (Phi) is 4.61. The molecule has 3 nitrogen and oxygen atoms in total. The fraction of sp³-hybridized carbons (Fsp3) is 0.727. The molecular weight excluding hydrogens is 212 g/mol. The summed E-state index contributed by atoms with van der Waals surface area (Å²) in [6.45, 7) is 6.93. The van der Waals surface area contributed by atoms with Crippen LogP contribution in [0.3, 0.4) is 0 Å². The van der Waals surface area contributed by atoms with Crippen LogP contribution < -0.4 is 10.6 Å². The maximum atomic E-state index is 12.0. The molecule has 1 amide bonds. The highest BCUT2D eigenvalue weighted by Gasteiger charge is 2.39. The van der Waals surface area contributed by atoms with Crippen LogP contribution in [0.25, 0.3) is 0 Å². The first kappa shape index (κ1) is 12.5. The second-order valence-corrected chi connectivity index (χ2v) is 4.60. The van der Waals surface area contributed by atoms with Gasteiger partial charge in [-0.05, 0) is 25.8 Å². The number of carbonyl (C=O) groups is 1. The van der Waals surface area contributed by atoms with Crippen molar-refractivity contribution in [1.82, 2.24) is 10.6 Å². The molecule has 1 rings (SSSR count). The van der Waals surface area contributed by atoms with Gasteiger partial charge in [0.15, 0.2) is 0 Å². The van der Waals surface area contributed by atoms with Crippen LogP contribution in [0.4, 0.5) is 0 Å². The van der Waals surface area contributed by atoms with Gasteiger partial charge in [-0.25, -0.2) is 0 Å². The predicted molar refractivity (Wildman–Crippen MR) is 62.9 cm³/mol. The summed E-state index contributed by atoms with van der Waals surface area (Å²) in [6.07, 6.45) is 3.87. The topological polar surface area (TPSA) is 41.1 Å². The van der Waals surface area contributed by atoms with E-state index >= 15 is 0 Å². The molecule has 1 aliphatic heterocycles. The van der Waals surface area contributed by atoms with E-state index in [2.05, 4.69) is 24.1 Å². The van der Waals surface area contributed by atoms with Gasteiger partial charge in [-0.1, -0.05) is 31.5 Å². The molecule has 1 unspecified atom stereocenters. The zero-order valence-electron chi connectivity index (χ0n) is 9.24. The van der Waals surface area contributed by atoms with Crippen molar-refractivity contribution in [1.29, 1.82) is 0 Å². The molecule has 15 heavy (non-hydrogen) atoms. The number of carbonyl (C=O) groups excluding carboxylic acids is 1. The molecular formula is C11H19ClN2O. The Hall–Kier alpha value is -0.540. The minimum Gasteiger partial charge on any atom is -0.350 e. The van der Waals surface area contributed by atoms with Crippen LogP contribution in [0.2, 0.25) is 0 Å². The number of hydrogen-bond donors (Lipinski definition) is 2. The van der Waals surface area contributed by atoms with E-state index in [9.17, 15) is 4.79 Å². The first-order chi connectivity index (χ1) is 7.10. The number of nitrogens with one attached hydrogen (secondary N) is 2. The fourth-order valence-electron chi connectivity index (χ4n) is 2.10. The van der Waals surface area contributed by atoms with E-state index in [1.54, 1.807) is 0 Å². The van der Waals surface area contributed by atoms with Crippen LogP contribution in [0.1, 0.15) is 32.6 Å². The molecule has 1 heterocycles. The summed E-state index contributed by atoms with van der Waals surface area (Å²) in [5.41, 5.74) is -0.360. The van der Waals surface area contributed by atoms with Gasteiger partial charge >= 0.3 is 0 Å². The van der Waals surface area contributed by atoms with Gasteiger partial charge in [-0.2, -0.15) is 0 Å². The summed E-state index contributed by atoms with van der Waals surface area (Å²) in [7, 11) is 0. The molecule has 1 aliphatic rings. The van der Waals surface area contributed by atoms with Gasteiger partial charge in [0.25, 0.3) is 0 Å². The minimum absolute atomic E-state index is 0.0589. The smallest absolute Gasteiger partial charge is 0.240 e. The van der Waals surface area contributed by atoms with Gasteiger partial charge < -0.3 is 10.6 Å². The largest absolute Gasteiger partial charge is 0.350 e. The van der Waals surface area contributed by atoms with Crippen molar-refractivity contribution in [3.8, 4) is 0 Å². The lowest BCUT2D eigenvalue weighted by Gasteiger charge is -2.27. The van der Waals surface area contributed by atoms with Crippen molar-refractivity contribution < 1.29 is 4.79 Å². The van der Waals surface area contributed by atoms with Crippen LogP contribution in [0, 0.1) is 0 Å². The predicted octanol–water partition coefficient (Wildman–Crippen LogP) is 1.78. The van der Waals surface area contributed by atoms with Gasteiger partial charge in [0.2, 0.25) is 5.91 Å². The Morgan fingerprint density at radius 1 is 1.67 bits per heavy atom. The van der Waals surface area contributed by atoms with Gasteiger partial charge in [0.05, 0.1) is 12.1 Å². The van der Waals surface area contributed by atoms with E-state index in [1.807, 2.05) is 0 Å². The van der Waals surface area contributed by atoms with Gasteiger partial charge in [-0.3, -0.25) is 4.79 Å². The molecule has 0 aliphatic carbocycles. The highest BCUT2D eigenvalue weighted by atomic mass is 35.5. The Balaban J connectivity index is 2.55. The van der Waals surface area contributed by atoms with E-state index in [0.717, 1.165) is 32.2 Å². The van der Waals surface area contributed by atoms with Crippen molar-refractivity contribution in [2.24, 2.45) is 0 Å². The van der Waals surface area contributed by atoms with Crippen LogP contribution in [0.5, 0.6) is 0 Å². The summed E-state index contributed by atoms with van der Waals surface area (Å²) < 4.78 is 0. The Bertz CT molecular complexity index is 247. The van der Waals surface area contributed by atoms with Gasteiger partial charge in [0, 0.05) is 5.03 Å². The maximum absolute atomic E-state index is 12.0. The normalized spacial score (nSPS) is 25.2. The second-order valence-electron chi connectivity index (χ2n) is 4.06. The number of amides is 1. The average Bonchev–Trinajstić information content (AvgIpc) is 2.64. The van der Waals surface area contributed by atoms with E-state index in [-0.39, 0.29) is 11.4 Å². The van der Waals surface area contributed by atoms with Crippen LogP contribution in [0.15, 0.2) is 11.6 Å². The lowest BCUT2D eigenvalue weighted by molar-refractivity contribution is -0.127. The quantitative estimate of drug-likeness (QED) is 0.756. The lowest BCUT2D eigenvalue weighted by atomic mass is 9.91. The van der Waals surface area contributed by atoms with Crippen LogP contribution in [-0.2, 0) is 4.79 Å². The Morgan fingerprint density at radius 3 is 2.87 bits per heavy atom. The van der Waals surface area contributed by atoms with E-state index in [0.29, 0.717) is 11.6 Å². The maximum Gasteiger partial charge on any atom is 0.240 e. The molecule has 2 N–H and O–H groups in total. The molecule has 4 heteroatoms. The average molecular weight is 231 g/mol. The minimum atomic E-state index is -0.360. The molecule has 1 atom stereocenters. The van der Waals surface area contributed by atoms with Gasteiger partial charge in [0.1, 0.15) is 0 Å². The molecule has 0 radical (unpaired) electrons. The van der Waals surface area contributed by atoms with Gasteiger partial charge in [-0.15, -0.1) is 0 Å². The molecule has 0 aromatic carbocycles. The van der Waals surface area contributed by atoms with Crippen molar-refractivity contribution in [3.05, 3.63) is 11.6 Å². The first-order valence-electron chi connectivity index (χ1n) is 5.47. The second kappa shape index (κ2) is 5.52. The van der Waals surface area contributed by atoms with Crippen molar-refractivity contribution >= 4 is 17.5 Å². The van der Waals surface area contributed by atoms with Crippen LogP contribution in [-0.4, -0.2) is 24.5 Å². The first-order valence-corrected chi connectivity index (χ1v) is 5.85. The Morgan fingerprint density at radius 2 is 2.40 bits per heavy atom. The molecule has 1 saturated heterocycles. The van der Waals surface area contributed by atoms with Crippen LogP contribution >= 0.6 is 11.6 Å². The standard InChI is InChI=1S/C11H19ClN2O/c1-3-5-11(6-4-7-14-11)10(15)13-8-9(2)12/h14H,2-8H2,1H3,(H,13,15). The summed E-state index contributed by atoms with van der Waals surface area (Å²) in [5, 5.41) is 6.59. The SMILES string of the molecule is C=C(Cl)CNC(=O)C1(CCC)CCCN1. The van der Waals surface area contributed by atoms with E-state index < -0.39 is 0 Å². The number of hydrogen-bond acceptors (Lipinski definition) is 2. The third kappa shape index (κ3) is 3.21. The number of rotatable bonds is 5. The third-order valence-corrected chi connectivity index (χ3v) is 2.93. The highest BCUT2D eigenvalue weighted by molar-refractivity contribution is 6.29. The molecule has 0 aromatic rings. The summed E-state index contributed by atoms with van der Waals surface area (Å²) in [4.78, 5) is 12.0. The molecule has 0 bridgehead atoms. The van der Waals surface area contributed by atoms with E-state index in [4.69, 9.17) is 11.6 Å². The highest BCUT2D eigenvalue weighted by Crippen LogP contribution is 2.24. The zero-order valence-corrected chi connectivity index (χ0v) is 9.99. The zero-order chi connectivity index (χ0) is 11.3. The molecule has 86 valence electrons. The molecule has 1 fully saturated rings. The van der Waals surface area contributed by atoms with Crippen molar-refractivity contribution in [3.63, 3.8) is 0 Å². The fourth-order valence-corrected chi connectivity index (χ4v) is 2.17. The molecule has 0 aromatic heterocycles. The summed E-state index contributed by atoms with van der Waals surface area (Å²) in [6, 6.07) is 0. The summed E-state index contributed by atoms with van der Waals surface area (Å²) >= 11 is 5.62. The summed E-state index contributed by atoms with van der Waals surface area (Å²) in [5.74, 6) is 0.0589. The molecule has 0 saturated carbocycles. The Labute approximate surface area is 96.3 Å². The monoisotopic (exact) mass is 230 g/mol. The van der Waals surface area contributed by atoms with Crippen molar-refractivity contribution in [2.75, 3.05) is 13.1 Å². The number of halogens is 1.